The van der Waals surface area contributed by atoms with Crippen molar-refractivity contribution in [3.63, 3.8) is 0 Å². The molecule has 0 fully saturated rings. The lowest BCUT2D eigenvalue weighted by Crippen LogP contribution is -2.31. The third-order valence-electron chi connectivity index (χ3n) is 4.57. The van der Waals surface area contributed by atoms with E-state index >= 15 is 0 Å². The van der Waals surface area contributed by atoms with Crippen LogP contribution in [0.3, 0.4) is 0 Å². The van der Waals surface area contributed by atoms with Crippen molar-refractivity contribution in [2.75, 3.05) is 11.9 Å². The van der Waals surface area contributed by atoms with Crippen LogP contribution >= 0.6 is 0 Å². The zero-order chi connectivity index (χ0) is 17.4. The van der Waals surface area contributed by atoms with Gasteiger partial charge in [-0.2, -0.15) is 10.4 Å². The summed E-state index contributed by atoms with van der Waals surface area (Å²) < 4.78 is 1.33. The molecule has 6 heteroatoms. The van der Waals surface area contributed by atoms with Crippen molar-refractivity contribution in [1.82, 2.24) is 9.78 Å². The number of aryl methyl sites for hydroxylation is 2. The van der Waals surface area contributed by atoms with Crippen molar-refractivity contribution in [3.05, 3.63) is 56.5 Å². The van der Waals surface area contributed by atoms with E-state index in [-0.39, 0.29) is 17.0 Å². The Balaban J connectivity index is 1.99. The number of hydrogen-bond acceptors (Lipinski definition) is 4. The molecular weight excluding hydrogens is 304 g/mol. The monoisotopic (exact) mass is 322 g/mol. The molecule has 0 radical (unpaired) electrons. The van der Waals surface area contributed by atoms with E-state index in [1.54, 1.807) is 25.8 Å². The number of nitriles is 1. The SMILES string of the molecule is Cc1nn(Cc2ccc3c(c2)CCC(=O)N3C)c(=O)c(C#N)c1C. The molecular formula is C18H18N4O2. The molecule has 6 nitrogen and oxygen atoms in total. The second-order valence-electron chi connectivity index (χ2n) is 6.08. The molecule has 1 aromatic heterocycles. The average molecular weight is 322 g/mol. The van der Waals surface area contributed by atoms with E-state index in [9.17, 15) is 14.9 Å². The van der Waals surface area contributed by atoms with Crippen LogP contribution in [0.15, 0.2) is 23.0 Å². The van der Waals surface area contributed by atoms with Gasteiger partial charge in [-0.1, -0.05) is 12.1 Å². The Morgan fingerprint density at radius 2 is 2.00 bits per heavy atom. The van der Waals surface area contributed by atoms with Crippen LogP contribution in [0.2, 0.25) is 0 Å². The molecule has 1 aliphatic heterocycles. The highest BCUT2D eigenvalue weighted by atomic mass is 16.2. The first-order chi connectivity index (χ1) is 11.4. The molecule has 2 heterocycles. The van der Waals surface area contributed by atoms with Crippen molar-refractivity contribution >= 4 is 11.6 Å². The van der Waals surface area contributed by atoms with Gasteiger partial charge in [0.2, 0.25) is 5.91 Å². The number of carbonyl (C=O) groups is 1. The zero-order valence-corrected chi connectivity index (χ0v) is 14.0. The van der Waals surface area contributed by atoms with Gasteiger partial charge in [-0.25, -0.2) is 4.68 Å². The Morgan fingerprint density at radius 1 is 1.25 bits per heavy atom. The van der Waals surface area contributed by atoms with Gasteiger partial charge in [-0.05, 0) is 43.0 Å². The largest absolute Gasteiger partial charge is 0.315 e. The highest BCUT2D eigenvalue weighted by molar-refractivity contribution is 5.95. The highest BCUT2D eigenvalue weighted by Gasteiger charge is 2.21. The van der Waals surface area contributed by atoms with Gasteiger partial charge in [-0.3, -0.25) is 9.59 Å². The van der Waals surface area contributed by atoms with Gasteiger partial charge >= 0.3 is 0 Å². The average Bonchev–Trinajstić information content (AvgIpc) is 2.57. The Hall–Kier alpha value is -2.94. The van der Waals surface area contributed by atoms with Crippen molar-refractivity contribution in [3.8, 4) is 6.07 Å². The van der Waals surface area contributed by atoms with Gasteiger partial charge in [0.05, 0.1) is 12.2 Å². The van der Waals surface area contributed by atoms with E-state index in [4.69, 9.17) is 0 Å². The van der Waals surface area contributed by atoms with E-state index < -0.39 is 0 Å². The quantitative estimate of drug-likeness (QED) is 0.843. The van der Waals surface area contributed by atoms with Crippen molar-refractivity contribution < 1.29 is 4.79 Å². The first kappa shape index (κ1) is 15.9. The fraction of sp³-hybridized carbons (Fsp3) is 0.333. The molecule has 1 aliphatic rings. The van der Waals surface area contributed by atoms with Crippen LogP contribution in [-0.2, 0) is 17.8 Å². The summed E-state index contributed by atoms with van der Waals surface area (Å²) in [6.45, 7) is 3.83. The fourth-order valence-corrected chi connectivity index (χ4v) is 2.99. The topological polar surface area (TPSA) is 79.0 Å². The summed E-state index contributed by atoms with van der Waals surface area (Å²) in [4.78, 5) is 25.8. The second-order valence-corrected chi connectivity index (χ2v) is 6.08. The molecule has 0 unspecified atom stereocenters. The number of anilines is 1. The minimum absolute atomic E-state index is 0.112. The van der Waals surface area contributed by atoms with Crippen LogP contribution in [0.25, 0.3) is 0 Å². The van der Waals surface area contributed by atoms with Crippen molar-refractivity contribution in [2.45, 2.75) is 33.2 Å². The normalized spacial score (nSPS) is 13.6. The third kappa shape index (κ3) is 2.58. The summed E-state index contributed by atoms with van der Waals surface area (Å²) in [5.74, 6) is 0.112. The maximum atomic E-state index is 12.4. The summed E-state index contributed by atoms with van der Waals surface area (Å²) >= 11 is 0. The summed E-state index contributed by atoms with van der Waals surface area (Å²) in [6, 6.07) is 7.78. The number of fused-ring (bicyclic) bond motifs is 1. The number of amides is 1. The van der Waals surface area contributed by atoms with Crippen LogP contribution in [-0.4, -0.2) is 22.7 Å². The molecule has 0 saturated heterocycles. The van der Waals surface area contributed by atoms with Crippen LogP contribution in [0.4, 0.5) is 5.69 Å². The Morgan fingerprint density at radius 3 is 2.71 bits per heavy atom. The van der Waals surface area contributed by atoms with Gasteiger partial charge < -0.3 is 4.90 Å². The molecule has 1 amide bonds. The van der Waals surface area contributed by atoms with Gasteiger partial charge in [0.15, 0.2) is 0 Å². The van der Waals surface area contributed by atoms with Gasteiger partial charge in [0, 0.05) is 19.2 Å². The van der Waals surface area contributed by atoms with Crippen LogP contribution in [0.5, 0.6) is 0 Å². The third-order valence-corrected chi connectivity index (χ3v) is 4.57. The van der Waals surface area contributed by atoms with Gasteiger partial charge in [0.25, 0.3) is 5.56 Å². The number of nitrogens with zero attached hydrogens (tertiary/aromatic N) is 4. The summed E-state index contributed by atoms with van der Waals surface area (Å²) in [7, 11) is 1.77. The van der Waals surface area contributed by atoms with Gasteiger partial charge in [0.1, 0.15) is 11.6 Å². The maximum absolute atomic E-state index is 12.4. The first-order valence-corrected chi connectivity index (χ1v) is 7.79. The minimum Gasteiger partial charge on any atom is -0.315 e. The standard InChI is InChI=1S/C18H18N4O2/c1-11-12(2)20-22(18(24)15(11)9-19)10-13-4-6-16-14(8-13)5-7-17(23)21(16)3/h4,6,8H,5,7,10H2,1-3H3. The Labute approximate surface area is 139 Å². The van der Waals surface area contributed by atoms with E-state index in [1.165, 1.54) is 4.68 Å². The number of rotatable bonds is 2. The maximum Gasteiger partial charge on any atom is 0.285 e. The molecule has 2 aromatic rings. The van der Waals surface area contributed by atoms with E-state index in [2.05, 4.69) is 5.10 Å². The molecule has 0 saturated carbocycles. The number of hydrogen-bond donors (Lipinski definition) is 0. The lowest BCUT2D eigenvalue weighted by Gasteiger charge is -2.26. The fourth-order valence-electron chi connectivity index (χ4n) is 2.99. The zero-order valence-electron chi connectivity index (χ0n) is 14.0. The molecule has 24 heavy (non-hydrogen) atoms. The summed E-state index contributed by atoms with van der Waals surface area (Å²) in [5.41, 5.74) is 4.01. The minimum atomic E-state index is -0.370. The van der Waals surface area contributed by atoms with Crippen LogP contribution in [0.1, 0.15) is 34.4 Å². The predicted octanol–water partition coefficient (Wildman–Crippen LogP) is 1.69. The lowest BCUT2D eigenvalue weighted by atomic mass is 9.99. The highest BCUT2D eigenvalue weighted by Crippen LogP contribution is 2.27. The lowest BCUT2D eigenvalue weighted by molar-refractivity contribution is -0.118. The molecule has 0 spiro atoms. The Bertz CT molecular complexity index is 937. The predicted molar refractivity (Wildman–Crippen MR) is 90.0 cm³/mol. The van der Waals surface area contributed by atoms with Crippen molar-refractivity contribution in [1.29, 1.82) is 5.26 Å². The molecule has 0 aliphatic carbocycles. The molecule has 3 rings (SSSR count). The van der Waals surface area contributed by atoms with E-state index in [0.29, 0.717) is 30.6 Å². The van der Waals surface area contributed by atoms with E-state index in [1.807, 2.05) is 24.3 Å². The van der Waals surface area contributed by atoms with Crippen LogP contribution < -0.4 is 10.5 Å². The van der Waals surface area contributed by atoms with Gasteiger partial charge in [-0.15, -0.1) is 0 Å². The van der Waals surface area contributed by atoms with E-state index in [0.717, 1.165) is 16.8 Å². The summed E-state index contributed by atoms with van der Waals surface area (Å²) in [6.07, 6.45) is 1.19. The number of carbonyl (C=O) groups excluding carboxylic acids is 1. The molecule has 0 atom stereocenters. The summed E-state index contributed by atoms with van der Waals surface area (Å²) in [5, 5.41) is 13.5. The molecule has 1 aromatic carbocycles. The van der Waals surface area contributed by atoms with Crippen molar-refractivity contribution in [2.24, 2.45) is 0 Å². The molecule has 122 valence electrons. The molecule has 0 N–H and O–H groups in total. The number of benzene rings is 1. The second kappa shape index (κ2) is 5.93. The first-order valence-electron chi connectivity index (χ1n) is 7.79. The smallest absolute Gasteiger partial charge is 0.285 e. The Kier molecular flexibility index (Phi) is 3.94. The number of aromatic nitrogens is 2. The van der Waals surface area contributed by atoms with Crippen LogP contribution in [0, 0.1) is 25.2 Å². The molecule has 0 bridgehead atoms.